The van der Waals surface area contributed by atoms with Gasteiger partial charge in [-0.2, -0.15) is 0 Å². The average Bonchev–Trinajstić information content (AvgIpc) is 2.42. The van der Waals surface area contributed by atoms with E-state index in [-0.39, 0.29) is 0 Å². The number of halogens is 1. The molecule has 19 heavy (non-hydrogen) atoms. The molecule has 1 aromatic rings. The minimum atomic E-state index is 0.515. The van der Waals surface area contributed by atoms with Gasteiger partial charge < -0.3 is 10.2 Å². The number of rotatable bonds is 4. The lowest BCUT2D eigenvalue weighted by molar-refractivity contribution is 0.183. The fourth-order valence-electron chi connectivity index (χ4n) is 2.82. The highest BCUT2D eigenvalue weighted by Crippen LogP contribution is 2.24. The lowest BCUT2D eigenvalue weighted by Gasteiger charge is -2.35. The van der Waals surface area contributed by atoms with E-state index >= 15 is 0 Å². The van der Waals surface area contributed by atoms with Crippen LogP contribution in [0.3, 0.4) is 0 Å². The van der Waals surface area contributed by atoms with Gasteiger partial charge in [-0.25, -0.2) is 4.98 Å². The second kappa shape index (κ2) is 6.71. The number of piperidine rings is 1. The molecule has 0 bridgehead atoms. The van der Waals surface area contributed by atoms with Gasteiger partial charge in [0, 0.05) is 6.04 Å². The van der Waals surface area contributed by atoms with Crippen LogP contribution in [-0.4, -0.2) is 35.6 Å². The molecular formula is C15H24BrN3. The number of nitrogens with zero attached hydrogens (tertiary/aromatic N) is 2. The monoisotopic (exact) mass is 325 g/mol. The molecule has 3 nitrogen and oxygen atoms in total. The number of anilines is 1. The first-order valence-corrected chi connectivity index (χ1v) is 8.01. The summed E-state index contributed by atoms with van der Waals surface area (Å²) in [4.78, 5) is 6.98. The van der Waals surface area contributed by atoms with Gasteiger partial charge in [0.05, 0.1) is 11.4 Å². The normalized spacial score (nSPS) is 19.4. The minimum Gasteiger partial charge on any atom is -0.381 e. The summed E-state index contributed by atoms with van der Waals surface area (Å²) in [5.41, 5.74) is 2.22. The molecule has 1 unspecified atom stereocenters. The third-order valence-corrected chi connectivity index (χ3v) is 4.66. The molecule has 0 radical (unpaired) electrons. The summed E-state index contributed by atoms with van der Waals surface area (Å²) in [5, 5.41) is 3.64. The number of nitrogens with one attached hydrogen (secondary N) is 1. The summed E-state index contributed by atoms with van der Waals surface area (Å²) in [6, 6.07) is 4.63. The molecule has 0 spiro atoms. The van der Waals surface area contributed by atoms with Gasteiger partial charge in [-0.1, -0.05) is 6.92 Å². The highest BCUT2D eigenvalue weighted by molar-refractivity contribution is 9.10. The first kappa shape index (κ1) is 14.8. The van der Waals surface area contributed by atoms with Crippen LogP contribution in [0.25, 0.3) is 0 Å². The maximum Gasteiger partial charge on any atom is 0.106 e. The summed E-state index contributed by atoms with van der Waals surface area (Å²) in [6.45, 7) is 10.3. The van der Waals surface area contributed by atoms with Crippen molar-refractivity contribution >= 4 is 21.6 Å². The summed E-state index contributed by atoms with van der Waals surface area (Å²) in [5.74, 6) is 0.769. The molecule has 0 saturated carbocycles. The second-order valence-corrected chi connectivity index (χ2v) is 6.28. The zero-order valence-electron chi connectivity index (χ0n) is 12.1. The van der Waals surface area contributed by atoms with E-state index in [2.05, 4.69) is 58.0 Å². The van der Waals surface area contributed by atoms with Crippen molar-refractivity contribution in [2.45, 2.75) is 39.7 Å². The lowest BCUT2D eigenvalue weighted by atomic mass is 9.90. The van der Waals surface area contributed by atoms with E-state index in [4.69, 9.17) is 0 Å². The molecule has 1 atom stereocenters. The van der Waals surface area contributed by atoms with Crippen LogP contribution < -0.4 is 5.32 Å². The van der Waals surface area contributed by atoms with Crippen LogP contribution in [0, 0.1) is 12.8 Å². The second-order valence-electron chi connectivity index (χ2n) is 5.47. The van der Waals surface area contributed by atoms with Gasteiger partial charge in [0.1, 0.15) is 4.60 Å². The smallest absolute Gasteiger partial charge is 0.106 e. The molecule has 0 amide bonds. The van der Waals surface area contributed by atoms with Gasteiger partial charge in [-0.05, 0) is 80.3 Å². The van der Waals surface area contributed by atoms with Crippen molar-refractivity contribution in [2.75, 3.05) is 25.0 Å². The third-order valence-electron chi connectivity index (χ3n) is 4.22. The van der Waals surface area contributed by atoms with Crippen LogP contribution in [-0.2, 0) is 0 Å². The number of pyridine rings is 1. The molecule has 106 valence electrons. The van der Waals surface area contributed by atoms with Crippen LogP contribution >= 0.6 is 15.9 Å². The Balaban J connectivity index is 1.92. The number of likely N-dealkylation sites (tertiary alicyclic amines) is 1. The van der Waals surface area contributed by atoms with Gasteiger partial charge in [0.15, 0.2) is 0 Å². The Morgan fingerprint density at radius 1 is 1.42 bits per heavy atom. The van der Waals surface area contributed by atoms with Crippen molar-refractivity contribution < 1.29 is 0 Å². The topological polar surface area (TPSA) is 28.2 Å². The Kier molecular flexibility index (Phi) is 5.22. The highest BCUT2D eigenvalue weighted by Gasteiger charge is 2.23. The number of aryl methyl sites for hydroxylation is 1. The van der Waals surface area contributed by atoms with Crippen LogP contribution in [0.2, 0.25) is 0 Å². The van der Waals surface area contributed by atoms with Crippen molar-refractivity contribution in [3.05, 3.63) is 22.4 Å². The van der Waals surface area contributed by atoms with Crippen LogP contribution in [0.4, 0.5) is 5.69 Å². The van der Waals surface area contributed by atoms with Crippen molar-refractivity contribution in [1.29, 1.82) is 0 Å². The van der Waals surface area contributed by atoms with E-state index < -0.39 is 0 Å². The van der Waals surface area contributed by atoms with Gasteiger partial charge in [0.25, 0.3) is 0 Å². The van der Waals surface area contributed by atoms with Gasteiger partial charge in [0.2, 0.25) is 0 Å². The van der Waals surface area contributed by atoms with E-state index in [0.717, 1.165) is 21.9 Å². The lowest BCUT2D eigenvalue weighted by Crippen LogP contribution is -2.39. The summed E-state index contributed by atoms with van der Waals surface area (Å²) in [6.07, 6.45) is 2.59. The fraction of sp³-hybridized carbons (Fsp3) is 0.667. The minimum absolute atomic E-state index is 0.515. The predicted molar refractivity (Wildman–Crippen MR) is 84.6 cm³/mol. The molecule has 1 aliphatic rings. The highest BCUT2D eigenvalue weighted by atomic mass is 79.9. The standard InChI is InChI=1S/C15H24BrN3/c1-4-19-9-7-13(8-10-19)11(2)17-14-5-6-15(16)18-12(14)3/h5-6,11,13,17H,4,7-10H2,1-3H3. The quantitative estimate of drug-likeness (QED) is 0.856. The summed E-state index contributed by atoms with van der Waals surface area (Å²) < 4.78 is 0.902. The van der Waals surface area contributed by atoms with E-state index in [0.29, 0.717) is 6.04 Å². The molecule has 1 fully saturated rings. The molecule has 1 saturated heterocycles. The molecule has 4 heteroatoms. The first-order chi connectivity index (χ1) is 9.10. The largest absolute Gasteiger partial charge is 0.381 e. The molecule has 1 aromatic heterocycles. The molecule has 1 N–H and O–H groups in total. The van der Waals surface area contributed by atoms with E-state index in [1.54, 1.807) is 0 Å². The van der Waals surface area contributed by atoms with Gasteiger partial charge in [-0.15, -0.1) is 0 Å². The van der Waals surface area contributed by atoms with Crippen molar-refractivity contribution in [3.8, 4) is 0 Å². The van der Waals surface area contributed by atoms with E-state index in [1.165, 1.54) is 32.5 Å². The molecule has 0 aliphatic carbocycles. The van der Waals surface area contributed by atoms with Crippen LogP contribution in [0.1, 0.15) is 32.4 Å². The summed E-state index contributed by atoms with van der Waals surface area (Å²) in [7, 11) is 0. The van der Waals surface area contributed by atoms with Crippen LogP contribution in [0.5, 0.6) is 0 Å². The maximum absolute atomic E-state index is 4.44. The Morgan fingerprint density at radius 3 is 2.68 bits per heavy atom. The molecule has 2 heterocycles. The molecule has 1 aliphatic heterocycles. The average molecular weight is 326 g/mol. The van der Waals surface area contributed by atoms with Crippen molar-refractivity contribution in [1.82, 2.24) is 9.88 Å². The fourth-order valence-corrected chi connectivity index (χ4v) is 3.21. The third kappa shape index (κ3) is 3.93. The first-order valence-electron chi connectivity index (χ1n) is 7.22. The molecule has 0 aromatic carbocycles. The molecular weight excluding hydrogens is 302 g/mol. The number of aromatic nitrogens is 1. The zero-order chi connectivity index (χ0) is 13.8. The van der Waals surface area contributed by atoms with Crippen molar-refractivity contribution in [3.63, 3.8) is 0 Å². The Labute approximate surface area is 124 Å². The Bertz CT molecular complexity index is 414. The van der Waals surface area contributed by atoms with Crippen LogP contribution in [0.15, 0.2) is 16.7 Å². The van der Waals surface area contributed by atoms with E-state index in [9.17, 15) is 0 Å². The molecule has 2 rings (SSSR count). The summed E-state index contributed by atoms with van der Waals surface area (Å²) >= 11 is 3.41. The van der Waals surface area contributed by atoms with E-state index in [1.807, 2.05) is 6.07 Å². The Hall–Kier alpha value is -0.610. The SMILES string of the molecule is CCN1CCC(C(C)Nc2ccc(Br)nc2C)CC1. The number of hydrogen-bond acceptors (Lipinski definition) is 3. The zero-order valence-corrected chi connectivity index (χ0v) is 13.7. The number of hydrogen-bond donors (Lipinski definition) is 1. The predicted octanol–water partition coefficient (Wildman–Crippen LogP) is 3.68. The van der Waals surface area contributed by atoms with Gasteiger partial charge in [-0.3, -0.25) is 0 Å². The Morgan fingerprint density at radius 2 is 2.11 bits per heavy atom. The van der Waals surface area contributed by atoms with Gasteiger partial charge >= 0.3 is 0 Å². The maximum atomic E-state index is 4.44. The van der Waals surface area contributed by atoms with Crippen molar-refractivity contribution in [2.24, 2.45) is 5.92 Å².